The smallest absolute Gasteiger partial charge is 0.243 e. The molecular formula is C25H36N2O3S. The third-order valence-corrected chi connectivity index (χ3v) is 10.6. The van der Waals surface area contributed by atoms with Crippen LogP contribution in [0.1, 0.15) is 70.3 Å². The number of nitrogens with zero attached hydrogens (tertiary/aromatic N) is 1. The quantitative estimate of drug-likeness (QED) is 0.688. The van der Waals surface area contributed by atoms with Gasteiger partial charge in [-0.2, -0.15) is 4.31 Å². The molecule has 1 aromatic rings. The summed E-state index contributed by atoms with van der Waals surface area (Å²) in [7, 11) is -3.37. The molecule has 1 atom stereocenters. The first-order valence-corrected chi connectivity index (χ1v) is 13.7. The Morgan fingerprint density at radius 3 is 2.13 bits per heavy atom. The topological polar surface area (TPSA) is 66.5 Å². The van der Waals surface area contributed by atoms with Gasteiger partial charge in [0.25, 0.3) is 0 Å². The van der Waals surface area contributed by atoms with Crippen LogP contribution in [0.5, 0.6) is 0 Å². The Morgan fingerprint density at radius 2 is 1.58 bits per heavy atom. The Hall–Kier alpha value is -1.40. The number of rotatable bonds is 7. The van der Waals surface area contributed by atoms with Gasteiger partial charge in [-0.15, -0.1) is 0 Å². The molecule has 1 aliphatic heterocycles. The van der Waals surface area contributed by atoms with Crippen molar-refractivity contribution in [2.45, 2.75) is 82.1 Å². The van der Waals surface area contributed by atoms with Crippen LogP contribution in [-0.4, -0.2) is 37.8 Å². The number of benzene rings is 1. The summed E-state index contributed by atoms with van der Waals surface area (Å²) in [6.07, 6.45) is 11.1. The number of amides is 1. The minimum absolute atomic E-state index is 0.122. The fraction of sp³-hybridized carbons (Fsp3) is 0.720. The Morgan fingerprint density at radius 1 is 1.03 bits per heavy atom. The van der Waals surface area contributed by atoms with Crippen molar-refractivity contribution in [1.29, 1.82) is 0 Å². The first-order valence-electron chi connectivity index (χ1n) is 12.2. The van der Waals surface area contributed by atoms with Crippen LogP contribution < -0.4 is 5.32 Å². The van der Waals surface area contributed by atoms with Gasteiger partial charge in [-0.05, 0) is 106 Å². The first kappa shape index (κ1) is 21.4. The highest BCUT2D eigenvalue weighted by atomic mass is 32.2. The summed E-state index contributed by atoms with van der Waals surface area (Å²) < 4.78 is 26.9. The summed E-state index contributed by atoms with van der Waals surface area (Å²) in [6.45, 7) is 3.46. The molecule has 5 fully saturated rings. The predicted molar refractivity (Wildman–Crippen MR) is 121 cm³/mol. The minimum Gasteiger partial charge on any atom is -0.353 e. The van der Waals surface area contributed by atoms with Crippen LogP contribution in [0.4, 0.5) is 0 Å². The molecule has 5 nitrogen and oxygen atoms in total. The van der Waals surface area contributed by atoms with E-state index in [0.29, 0.717) is 36.2 Å². The maximum absolute atomic E-state index is 12.7. The van der Waals surface area contributed by atoms with Gasteiger partial charge in [0.1, 0.15) is 0 Å². The van der Waals surface area contributed by atoms with E-state index < -0.39 is 10.0 Å². The third kappa shape index (κ3) is 4.18. The number of aryl methyl sites for hydroxylation is 1. The summed E-state index contributed by atoms with van der Waals surface area (Å²) >= 11 is 0. The standard InChI is InChI=1S/C25H36N2O3S/c1-18(25-15-20-12-21(16-25)14-22(13-20)17-25)26-24(28)9-6-19-4-7-23(8-5-19)31(29,30)27-10-2-3-11-27/h4-5,7-8,18,20-22H,2-3,6,9-17H2,1H3,(H,26,28). The molecule has 6 heteroatoms. The molecule has 6 rings (SSSR count). The van der Waals surface area contributed by atoms with E-state index in [1.54, 1.807) is 16.4 Å². The lowest BCUT2D eigenvalue weighted by Crippen LogP contribution is -2.55. The number of sulfonamides is 1. The normalized spacial score (nSPS) is 33.5. The van der Waals surface area contributed by atoms with Crippen molar-refractivity contribution >= 4 is 15.9 Å². The molecule has 1 amide bonds. The molecule has 4 bridgehead atoms. The van der Waals surface area contributed by atoms with Crippen LogP contribution in [-0.2, 0) is 21.2 Å². The van der Waals surface area contributed by atoms with Crippen LogP contribution in [0.3, 0.4) is 0 Å². The third-order valence-electron chi connectivity index (χ3n) is 8.65. The molecule has 0 radical (unpaired) electrons. The van der Waals surface area contributed by atoms with Crippen molar-refractivity contribution in [2.24, 2.45) is 23.2 Å². The largest absolute Gasteiger partial charge is 0.353 e. The molecule has 5 aliphatic rings. The Balaban J connectivity index is 1.15. The van der Waals surface area contributed by atoms with Gasteiger partial charge in [-0.3, -0.25) is 4.79 Å². The van der Waals surface area contributed by atoms with E-state index in [0.717, 1.165) is 36.2 Å². The molecule has 0 aromatic heterocycles. The number of carbonyl (C=O) groups is 1. The summed E-state index contributed by atoms with van der Waals surface area (Å²) in [4.78, 5) is 13.1. The Labute approximate surface area is 187 Å². The lowest BCUT2D eigenvalue weighted by molar-refractivity contribution is -0.125. The zero-order valence-electron chi connectivity index (χ0n) is 18.7. The van der Waals surface area contributed by atoms with Gasteiger partial charge >= 0.3 is 0 Å². The highest BCUT2D eigenvalue weighted by molar-refractivity contribution is 7.89. The van der Waals surface area contributed by atoms with Gasteiger partial charge in [-0.1, -0.05) is 12.1 Å². The summed E-state index contributed by atoms with van der Waals surface area (Å²) in [5.41, 5.74) is 1.34. The van der Waals surface area contributed by atoms with Gasteiger partial charge < -0.3 is 5.32 Å². The predicted octanol–water partition coefficient (Wildman–Crippen LogP) is 4.12. The lowest BCUT2D eigenvalue weighted by Gasteiger charge is -2.59. The van der Waals surface area contributed by atoms with E-state index in [1.807, 2.05) is 12.1 Å². The minimum atomic E-state index is -3.37. The van der Waals surface area contributed by atoms with Crippen molar-refractivity contribution in [3.05, 3.63) is 29.8 Å². The molecule has 31 heavy (non-hydrogen) atoms. The molecule has 0 spiro atoms. The molecule has 1 N–H and O–H groups in total. The van der Waals surface area contributed by atoms with E-state index in [-0.39, 0.29) is 11.9 Å². The zero-order chi connectivity index (χ0) is 21.6. The Kier molecular flexibility index (Phi) is 5.66. The van der Waals surface area contributed by atoms with E-state index in [2.05, 4.69) is 12.2 Å². The molecule has 4 saturated carbocycles. The van der Waals surface area contributed by atoms with Gasteiger partial charge in [0, 0.05) is 25.6 Å². The molecule has 170 valence electrons. The van der Waals surface area contributed by atoms with Crippen molar-refractivity contribution in [3.63, 3.8) is 0 Å². The van der Waals surface area contributed by atoms with Crippen LogP contribution in [0.15, 0.2) is 29.2 Å². The monoisotopic (exact) mass is 444 g/mol. The first-order chi connectivity index (χ1) is 14.8. The van der Waals surface area contributed by atoms with Gasteiger partial charge in [0.15, 0.2) is 0 Å². The van der Waals surface area contributed by atoms with Crippen LogP contribution in [0.2, 0.25) is 0 Å². The van der Waals surface area contributed by atoms with E-state index in [1.165, 1.54) is 38.5 Å². The van der Waals surface area contributed by atoms with Crippen molar-refractivity contribution in [2.75, 3.05) is 13.1 Å². The molecule has 4 aliphatic carbocycles. The molecular weight excluding hydrogens is 408 g/mol. The summed E-state index contributed by atoms with van der Waals surface area (Å²) in [5.74, 6) is 2.79. The molecule has 1 heterocycles. The second-order valence-corrected chi connectivity index (χ2v) is 12.8. The zero-order valence-corrected chi connectivity index (χ0v) is 19.5. The van der Waals surface area contributed by atoms with Crippen LogP contribution in [0.25, 0.3) is 0 Å². The highest BCUT2D eigenvalue weighted by Gasteiger charge is 2.53. The summed E-state index contributed by atoms with van der Waals surface area (Å²) in [5, 5.41) is 3.34. The number of carbonyl (C=O) groups excluding carboxylic acids is 1. The number of hydrogen-bond acceptors (Lipinski definition) is 3. The average Bonchev–Trinajstić information content (AvgIpc) is 3.27. The SMILES string of the molecule is CC(NC(=O)CCc1ccc(S(=O)(=O)N2CCCC2)cc1)C12CC3CC(CC(C3)C1)C2. The van der Waals surface area contributed by atoms with Gasteiger partial charge in [0.05, 0.1) is 4.90 Å². The lowest BCUT2D eigenvalue weighted by atomic mass is 9.48. The maximum Gasteiger partial charge on any atom is 0.243 e. The number of nitrogens with one attached hydrogen (secondary N) is 1. The van der Waals surface area contributed by atoms with Gasteiger partial charge in [-0.25, -0.2) is 8.42 Å². The fourth-order valence-electron chi connectivity index (χ4n) is 7.34. The van der Waals surface area contributed by atoms with Crippen LogP contribution in [0, 0.1) is 23.2 Å². The highest BCUT2D eigenvalue weighted by Crippen LogP contribution is 2.61. The molecule has 1 unspecified atom stereocenters. The van der Waals surface area contributed by atoms with Gasteiger partial charge in [0.2, 0.25) is 15.9 Å². The van der Waals surface area contributed by atoms with Crippen LogP contribution >= 0.6 is 0 Å². The fourth-order valence-corrected chi connectivity index (χ4v) is 8.86. The van der Waals surface area contributed by atoms with Crippen molar-refractivity contribution < 1.29 is 13.2 Å². The van der Waals surface area contributed by atoms with Crippen molar-refractivity contribution in [3.8, 4) is 0 Å². The summed E-state index contributed by atoms with van der Waals surface area (Å²) in [6, 6.07) is 7.36. The average molecular weight is 445 g/mol. The van der Waals surface area contributed by atoms with E-state index in [9.17, 15) is 13.2 Å². The maximum atomic E-state index is 12.7. The Bertz CT molecular complexity index is 883. The second kappa shape index (κ2) is 8.18. The molecule has 1 aromatic carbocycles. The number of hydrogen-bond donors (Lipinski definition) is 1. The second-order valence-electron chi connectivity index (χ2n) is 10.8. The van der Waals surface area contributed by atoms with E-state index in [4.69, 9.17) is 0 Å². The molecule has 1 saturated heterocycles. The van der Waals surface area contributed by atoms with E-state index >= 15 is 0 Å². The van der Waals surface area contributed by atoms with Crippen molar-refractivity contribution in [1.82, 2.24) is 9.62 Å².